The van der Waals surface area contributed by atoms with Gasteiger partial charge in [-0.15, -0.1) is 0 Å². The molecule has 1 aliphatic heterocycles. The number of amides is 3. The quantitative estimate of drug-likeness (QED) is 0.880. The van der Waals surface area contributed by atoms with Gasteiger partial charge in [0.05, 0.1) is 12.8 Å². The zero-order chi connectivity index (χ0) is 18.5. The first-order chi connectivity index (χ1) is 12.6. The van der Waals surface area contributed by atoms with Gasteiger partial charge in [-0.25, -0.2) is 9.18 Å². The van der Waals surface area contributed by atoms with Gasteiger partial charge in [-0.1, -0.05) is 18.2 Å². The molecule has 0 radical (unpaired) electrons. The molecule has 0 spiro atoms. The Morgan fingerprint density at radius 3 is 2.73 bits per heavy atom. The lowest BCUT2D eigenvalue weighted by molar-refractivity contribution is -0.119. The first kappa shape index (κ1) is 17.7. The number of carbonyl (C=O) groups is 2. The number of halogens is 1. The average molecular weight is 357 g/mol. The predicted molar refractivity (Wildman–Crippen MR) is 96.8 cm³/mol. The number of hydrogen-bond acceptors (Lipinski definition) is 3. The van der Waals surface area contributed by atoms with E-state index in [9.17, 15) is 14.0 Å². The molecule has 7 heteroatoms. The third-order valence-corrected chi connectivity index (χ3v) is 4.26. The van der Waals surface area contributed by atoms with E-state index in [4.69, 9.17) is 4.74 Å². The van der Waals surface area contributed by atoms with Crippen molar-refractivity contribution < 1.29 is 18.7 Å². The largest absolute Gasteiger partial charge is 0.495 e. The molecule has 2 N–H and O–H groups in total. The van der Waals surface area contributed by atoms with Crippen molar-refractivity contribution in [2.45, 2.75) is 18.9 Å². The Morgan fingerprint density at radius 2 is 1.96 bits per heavy atom. The van der Waals surface area contributed by atoms with Crippen LogP contribution in [0.1, 0.15) is 12.8 Å². The fourth-order valence-corrected chi connectivity index (χ4v) is 3.01. The second-order valence-corrected chi connectivity index (χ2v) is 5.98. The Bertz CT molecular complexity index is 812. The maximum atomic E-state index is 13.3. The van der Waals surface area contributed by atoms with Crippen LogP contribution in [-0.2, 0) is 4.79 Å². The van der Waals surface area contributed by atoms with Crippen molar-refractivity contribution in [3.05, 3.63) is 54.3 Å². The standard InChI is InChI=1S/C19H20FN3O3/c1-26-17-10-3-2-8-15(17)22-19(25)23-11-5-9-16(23)18(24)21-14-7-4-6-13(20)12-14/h2-4,6-8,10,12,16H,5,9,11H2,1H3,(H,21,24)(H,22,25). The fourth-order valence-electron chi connectivity index (χ4n) is 3.01. The monoisotopic (exact) mass is 357 g/mol. The summed E-state index contributed by atoms with van der Waals surface area (Å²) in [6.07, 6.45) is 1.28. The lowest BCUT2D eigenvalue weighted by Crippen LogP contribution is -2.45. The van der Waals surface area contributed by atoms with Crippen molar-refractivity contribution in [1.82, 2.24) is 4.90 Å². The second-order valence-electron chi connectivity index (χ2n) is 5.98. The van der Waals surface area contributed by atoms with Gasteiger partial charge in [0, 0.05) is 12.2 Å². The van der Waals surface area contributed by atoms with Gasteiger partial charge in [0.25, 0.3) is 0 Å². The molecule has 3 amide bonds. The van der Waals surface area contributed by atoms with Crippen molar-refractivity contribution in [1.29, 1.82) is 0 Å². The Labute approximate surface area is 150 Å². The summed E-state index contributed by atoms with van der Waals surface area (Å²) in [6.45, 7) is 0.474. The molecule has 1 atom stereocenters. The topological polar surface area (TPSA) is 70.7 Å². The highest BCUT2D eigenvalue weighted by atomic mass is 19.1. The summed E-state index contributed by atoms with van der Waals surface area (Å²) in [5, 5.41) is 5.45. The maximum absolute atomic E-state index is 13.3. The molecule has 0 aliphatic carbocycles. The summed E-state index contributed by atoms with van der Waals surface area (Å²) in [5.74, 6) is -0.218. The normalized spacial score (nSPS) is 16.2. The number of likely N-dealkylation sites (tertiary alicyclic amines) is 1. The number of anilines is 2. The molecular formula is C19H20FN3O3. The number of rotatable bonds is 4. The Kier molecular flexibility index (Phi) is 5.36. The molecule has 1 unspecified atom stereocenters. The van der Waals surface area contributed by atoms with E-state index >= 15 is 0 Å². The van der Waals surface area contributed by atoms with Gasteiger partial charge in [0.1, 0.15) is 17.6 Å². The molecule has 136 valence electrons. The van der Waals surface area contributed by atoms with Crippen molar-refractivity contribution in [3.8, 4) is 5.75 Å². The molecule has 1 heterocycles. The van der Waals surface area contributed by atoms with E-state index in [2.05, 4.69) is 10.6 Å². The molecule has 3 rings (SSSR count). The minimum atomic E-state index is -0.604. The fraction of sp³-hybridized carbons (Fsp3) is 0.263. The van der Waals surface area contributed by atoms with E-state index in [1.807, 2.05) is 0 Å². The molecule has 26 heavy (non-hydrogen) atoms. The molecule has 1 saturated heterocycles. The van der Waals surface area contributed by atoms with Crippen LogP contribution in [0.15, 0.2) is 48.5 Å². The van der Waals surface area contributed by atoms with Crippen LogP contribution in [0.5, 0.6) is 5.75 Å². The molecule has 2 aromatic carbocycles. The number of para-hydroxylation sites is 2. The van der Waals surface area contributed by atoms with E-state index in [1.54, 1.807) is 30.3 Å². The molecule has 0 saturated carbocycles. The Balaban J connectivity index is 1.69. The zero-order valence-electron chi connectivity index (χ0n) is 14.4. The third kappa shape index (κ3) is 3.93. The number of nitrogens with zero attached hydrogens (tertiary/aromatic N) is 1. The van der Waals surface area contributed by atoms with E-state index in [1.165, 1.54) is 30.2 Å². The van der Waals surface area contributed by atoms with Gasteiger partial charge >= 0.3 is 6.03 Å². The number of urea groups is 1. The van der Waals surface area contributed by atoms with Gasteiger partial charge in [0.15, 0.2) is 0 Å². The van der Waals surface area contributed by atoms with Crippen molar-refractivity contribution in [3.63, 3.8) is 0 Å². The lowest BCUT2D eigenvalue weighted by Gasteiger charge is -2.24. The summed E-state index contributed by atoms with van der Waals surface area (Å²) in [6, 6.07) is 11.8. The SMILES string of the molecule is COc1ccccc1NC(=O)N1CCCC1C(=O)Nc1cccc(F)c1. The molecule has 0 bridgehead atoms. The Morgan fingerprint density at radius 1 is 1.15 bits per heavy atom. The summed E-state index contributed by atoms with van der Waals surface area (Å²) in [4.78, 5) is 26.6. The van der Waals surface area contributed by atoms with E-state index in [0.29, 0.717) is 30.1 Å². The van der Waals surface area contributed by atoms with Crippen LogP contribution in [0.3, 0.4) is 0 Å². The van der Waals surface area contributed by atoms with Gasteiger partial charge in [0.2, 0.25) is 5.91 Å². The van der Waals surface area contributed by atoms with Crippen LogP contribution in [-0.4, -0.2) is 36.5 Å². The van der Waals surface area contributed by atoms with E-state index in [0.717, 1.165) is 6.42 Å². The molecule has 0 aromatic heterocycles. The summed E-state index contributed by atoms with van der Waals surface area (Å²) < 4.78 is 18.5. The van der Waals surface area contributed by atoms with Crippen LogP contribution in [0.25, 0.3) is 0 Å². The summed E-state index contributed by atoms with van der Waals surface area (Å²) in [5.41, 5.74) is 0.906. The highest BCUT2D eigenvalue weighted by Crippen LogP contribution is 2.25. The smallest absolute Gasteiger partial charge is 0.322 e. The summed E-state index contributed by atoms with van der Waals surface area (Å²) in [7, 11) is 1.52. The predicted octanol–water partition coefficient (Wildman–Crippen LogP) is 3.47. The van der Waals surface area contributed by atoms with Crippen LogP contribution in [0.4, 0.5) is 20.6 Å². The van der Waals surface area contributed by atoms with Crippen LogP contribution in [0.2, 0.25) is 0 Å². The van der Waals surface area contributed by atoms with Crippen molar-refractivity contribution >= 4 is 23.3 Å². The lowest BCUT2D eigenvalue weighted by atomic mass is 10.2. The minimum Gasteiger partial charge on any atom is -0.495 e. The van der Waals surface area contributed by atoms with Crippen LogP contribution >= 0.6 is 0 Å². The highest BCUT2D eigenvalue weighted by Gasteiger charge is 2.34. The minimum absolute atomic E-state index is 0.330. The number of ether oxygens (including phenoxy) is 1. The zero-order valence-corrected chi connectivity index (χ0v) is 14.4. The van der Waals surface area contributed by atoms with Crippen molar-refractivity contribution in [2.24, 2.45) is 0 Å². The molecule has 6 nitrogen and oxygen atoms in total. The maximum Gasteiger partial charge on any atom is 0.322 e. The van der Waals surface area contributed by atoms with Crippen molar-refractivity contribution in [2.75, 3.05) is 24.3 Å². The molecular weight excluding hydrogens is 337 g/mol. The van der Waals surface area contributed by atoms with Gasteiger partial charge in [-0.2, -0.15) is 0 Å². The van der Waals surface area contributed by atoms with Gasteiger partial charge < -0.3 is 20.3 Å². The van der Waals surface area contributed by atoms with Gasteiger partial charge in [-0.05, 0) is 43.2 Å². The third-order valence-electron chi connectivity index (χ3n) is 4.26. The first-order valence-electron chi connectivity index (χ1n) is 8.35. The summed E-state index contributed by atoms with van der Waals surface area (Å²) >= 11 is 0. The molecule has 1 aliphatic rings. The number of carbonyl (C=O) groups excluding carboxylic acids is 2. The van der Waals surface area contributed by atoms with Gasteiger partial charge in [-0.3, -0.25) is 4.79 Å². The molecule has 2 aromatic rings. The van der Waals surface area contributed by atoms with E-state index in [-0.39, 0.29) is 11.9 Å². The Hall–Kier alpha value is -3.09. The average Bonchev–Trinajstić information content (AvgIpc) is 3.12. The first-order valence-corrected chi connectivity index (χ1v) is 8.35. The number of methoxy groups -OCH3 is 1. The molecule has 1 fully saturated rings. The van der Waals surface area contributed by atoms with Crippen LogP contribution in [0, 0.1) is 5.82 Å². The highest BCUT2D eigenvalue weighted by molar-refractivity contribution is 6.00. The number of hydrogen-bond donors (Lipinski definition) is 2. The van der Waals surface area contributed by atoms with E-state index < -0.39 is 11.9 Å². The second kappa shape index (κ2) is 7.86. The number of nitrogens with one attached hydrogen (secondary N) is 2. The van der Waals surface area contributed by atoms with Crippen LogP contribution < -0.4 is 15.4 Å². The number of benzene rings is 2.